The maximum absolute atomic E-state index is 10.9. The average molecular weight is 229 g/mol. The first-order valence-corrected chi connectivity index (χ1v) is 5.67. The molecule has 0 bridgehead atoms. The molecule has 0 unspecified atom stereocenters. The Labute approximate surface area is 92.9 Å². The predicted octanol–water partition coefficient (Wildman–Crippen LogP) is 1.47. The molecule has 1 aromatic rings. The average Bonchev–Trinajstić information content (AvgIpc) is 2.66. The summed E-state index contributed by atoms with van der Waals surface area (Å²) in [6.07, 6.45) is 0.346. The van der Waals surface area contributed by atoms with Crippen molar-refractivity contribution in [3.8, 4) is 0 Å². The number of nitrogens with zero attached hydrogens (tertiary/aromatic N) is 1. The van der Waals surface area contributed by atoms with Crippen LogP contribution < -0.4 is 10.6 Å². The Morgan fingerprint density at radius 2 is 2.47 bits per heavy atom. The number of ether oxygens (including phenoxy) is 1. The Kier molecular flexibility index (Phi) is 4.89. The quantitative estimate of drug-likeness (QED) is 0.802. The SMILES string of the molecule is CCOC(=O)NCCc1csc(NC)n1. The number of rotatable bonds is 5. The minimum atomic E-state index is -0.374. The lowest BCUT2D eigenvalue weighted by Gasteiger charge is -2.03. The van der Waals surface area contributed by atoms with Crippen LogP contribution in [0.4, 0.5) is 9.93 Å². The highest BCUT2D eigenvalue weighted by molar-refractivity contribution is 7.13. The van der Waals surface area contributed by atoms with Gasteiger partial charge in [0.05, 0.1) is 12.3 Å². The van der Waals surface area contributed by atoms with Crippen molar-refractivity contribution in [3.63, 3.8) is 0 Å². The third-order valence-electron chi connectivity index (χ3n) is 1.69. The van der Waals surface area contributed by atoms with Crippen LogP contribution in [-0.4, -0.2) is 31.3 Å². The van der Waals surface area contributed by atoms with Crippen LogP contribution in [0.2, 0.25) is 0 Å². The molecule has 5 nitrogen and oxygen atoms in total. The van der Waals surface area contributed by atoms with Crippen molar-refractivity contribution in [2.75, 3.05) is 25.5 Å². The molecule has 0 spiro atoms. The van der Waals surface area contributed by atoms with Gasteiger partial charge in [-0.25, -0.2) is 9.78 Å². The van der Waals surface area contributed by atoms with E-state index in [1.54, 1.807) is 18.3 Å². The van der Waals surface area contributed by atoms with E-state index in [0.717, 1.165) is 17.2 Å². The second-order valence-electron chi connectivity index (χ2n) is 2.79. The van der Waals surface area contributed by atoms with E-state index in [9.17, 15) is 4.79 Å². The van der Waals surface area contributed by atoms with E-state index in [2.05, 4.69) is 15.6 Å². The zero-order chi connectivity index (χ0) is 11.1. The highest BCUT2D eigenvalue weighted by Crippen LogP contribution is 2.14. The van der Waals surface area contributed by atoms with Gasteiger partial charge in [-0.15, -0.1) is 11.3 Å². The molecule has 0 aliphatic heterocycles. The van der Waals surface area contributed by atoms with E-state index >= 15 is 0 Å². The zero-order valence-electron chi connectivity index (χ0n) is 8.87. The minimum absolute atomic E-state index is 0.374. The Balaban J connectivity index is 2.22. The fourth-order valence-electron chi connectivity index (χ4n) is 1.01. The normalized spacial score (nSPS) is 9.73. The molecule has 0 aliphatic rings. The minimum Gasteiger partial charge on any atom is -0.450 e. The molecule has 15 heavy (non-hydrogen) atoms. The van der Waals surface area contributed by atoms with Gasteiger partial charge in [0.2, 0.25) is 0 Å². The first-order chi connectivity index (χ1) is 7.26. The number of nitrogens with one attached hydrogen (secondary N) is 2. The van der Waals surface area contributed by atoms with Gasteiger partial charge in [0.1, 0.15) is 0 Å². The summed E-state index contributed by atoms with van der Waals surface area (Å²) in [6.45, 7) is 2.72. The fourth-order valence-corrected chi connectivity index (χ4v) is 1.72. The second kappa shape index (κ2) is 6.23. The molecule has 0 aliphatic carbocycles. The number of hydrogen-bond acceptors (Lipinski definition) is 5. The van der Waals surface area contributed by atoms with E-state index in [-0.39, 0.29) is 6.09 Å². The van der Waals surface area contributed by atoms with Crippen LogP contribution in [0.15, 0.2) is 5.38 Å². The van der Waals surface area contributed by atoms with Crippen LogP contribution in [0.25, 0.3) is 0 Å². The summed E-state index contributed by atoms with van der Waals surface area (Å²) in [6, 6.07) is 0. The van der Waals surface area contributed by atoms with Crippen LogP contribution in [0.3, 0.4) is 0 Å². The zero-order valence-corrected chi connectivity index (χ0v) is 9.69. The summed E-state index contributed by atoms with van der Waals surface area (Å²) >= 11 is 1.55. The number of thiazole rings is 1. The Morgan fingerprint density at radius 1 is 1.67 bits per heavy atom. The highest BCUT2D eigenvalue weighted by Gasteiger charge is 2.02. The number of alkyl carbamates (subject to hydrolysis) is 1. The molecule has 0 radical (unpaired) electrons. The van der Waals surface area contributed by atoms with Gasteiger partial charge in [-0.3, -0.25) is 0 Å². The third kappa shape index (κ3) is 4.16. The predicted molar refractivity (Wildman–Crippen MR) is 60.4 cm³/mol. The first kappa shape index (κ1) is 11.8. The van der Waals surface area contributed by atoms with Crippen molar-refractivity contribution in [1.82, 2.24) is 10.3 Å². The van der Waals surface area contributed by atoms with E-state index in [4.69, 9.17) is 4.74 Å². The standard InChI is InChI=1S/C9H15N3O2S/c1-3-14-9(13)11-5-4-7-6-15-8(10-2)12-7/h6H,3-5H2,1-2H3,(H,10,12)(H,11,13). The Morgan fingerprint density at radius 3 is 3.07 bits per heavy atom. The van der Waals surface area contributed by atoms with Gasteiger partial charge in [-0.2, -0.15) is 0 Å². The number of anilines is 1. The highest BCUT2D eigenvalue weighted by atomic mass is 32.1. The van der Waals surface area contributed by atoms with Gasteiger partial charge in [0.15, 0.2) is 5.13 Å². The Bertz CT molecular complexity index is 314. The van der Waals surface area contributed by atoms with Crippen molar-refractivity contribution in [3.05, 3.63) is 11.1 Å². The molecule has 2 N–H and O–H groups in total. The lowest BCUT2D eigenvalue weighted by molar-refractivity contribution is 0.152. The van der Waals surface area contributed by atoms with E-state index in [0.29, 0.717) is 13.2 Å². The molecule has 6 heteroatoms. The fraction of sp³-hybridized carbons (Fsp3) is 0.556. The van der Waals surface area contributed by atoms with Gasteiger partial charge in [0, 0.05) is 25.4 Å². The summed E-state index contributed by atoms with van der Waals surface area (Å²) in [5, 5.41) is 8.47. The molecular formula is C9H15N3O2S. The second-order valence-corrected chi connectivity index (χ2v) is 3.65. The number of aromatic nitrogens is 1. The number of amides is 1. The molecule has 1 rings (SSSR count). The topological polar surface area (TPSA) is 63.2 Å². The lowest BCUT2D eigenvalue weighted by atomic mass is 10.3. The summed E-state index contributed by atoms with van der Waals surface area (Å²) in [5.41, 5.74) is 0.973. The van der Waals surface area contributed by atoms with Crippen molar-refractivity contribution in [1.29, 1.82) is 0 Å². The molecule has 0 atom stereocenters. The van der Waals surface area contributed by atoms with Crippen molar-refractivity contribution < 1.29 is 9.53 Å². The van der Waals surface area contributed by atoms with Gasteiger partial charge < -0.3 is 15.4 Å². The smallest absolute Gasteiger partial charge is 0.407 e. The molecule has 0 fully saturated rings. The van der Waals surface area contributed by atoms with Crippen molar-refractivity contribution in [2.45, 2.75) is 13.3 Å². The molecule has 0 saturated carbocycles. The van der Waals surface area contributed by atoms with Gasteiger partial charge in [0.25, 0.3) is 0 Å². The summed E-state index contributed by atoms with van der Waals surface area (Å²) in [5.74, 6) is 0. The van der Waals surface area contributed by atoms with E-state index < -0.39 is 0 Å². The molecule has 84 valence electrons. The molecule has 1 heterocycles. The van der Waals surface area contributed by atoms with Gasteiger partial charge in [-0.1, -0.05) is 0 Å². The maximum atomic E-state index is 10.9. The molecule has 1 amide bonds. The van der Waals surface area contributed by atoms with Crippen LogP contribution in [0, 0.1) is 0 Å². The third-order valence-corrected chi connectivity index (χ3v) is 2.60. The number of carbonyl (C=O) groups excluding carboxylic acids is 1. The van der Waals surface area contributed by atoms with Crippen LogP contribution in [0.1, 0.15) is 12.6 Å². The molecule has 0 saturated heterocycles. The molecule has 1 aromatic heterocycles. The van der Waals surface area contributed by atoms with Crippen LogP contribution in [0.5, 0.6) is 0 Å². The van der Waals surface area contributed by atoms with Crippen LogP contribution >= 0.6 is 11.3 Å². The lowest BCUT2D eigenvalue weighted by Crippen LogP contribution is -2.26. The van der Waals surface area contributed by atoms with Gasteiger partial charge in [-0.05, 0) is 6.92 Å². The molecule has 0 aromatic carbocycles. The van der Waals surface area contributed by atoms with Crippen LogP contribution in [-0.2, 0) is 11.2 Å². The van der Waals surface area contributed by atoms with E-state index in [1.807, 2.05) is 12.4 Å². The largest absolute Gasteiger partial charge is 0.450 e. The first-order valence-electron chi connectivity index (χ1n) is 4.79. The maximum Gasteiger partial charge on any atom is 0.407 e. The summed E-state index contributed by atoms with van der Waals surface area (Å²) in [4.78, 5) is 15.2. The van der Waals surface area contributed by atoms with Crippen molar-refractivity contribution >= 4 is 22.6 Å². The summed E-state index contributed by atoms with van der Waals surface area (Å²) < 4.78 is 4.73. The summed E-state index contributed by atoms with van der Waals surface area (Å²) in [7, 11) is 1.83. The molecular weight excluding hydrogens is 214 g/mol. The number of carbonyl (C=O) groups is 1. The van der Waals surface area contributed by atoms with E-state index in [1.165, 1.54) is 0 Å². The Hall–Kier alpha value is -1.30. The van der Waals surface area contributed by atoms with Gasteiger partial charge >= 0.3 is 6.09 Å². The monoisotopic (exact) mass is 229 g/mol. The van der Waals surface area contributed by atoms with Crippen molar-refractivity contribution in [2.24, 2.45) is 0 Å². The number of hydrogen-bond donors (Lipinski definition) is 2.